The number of amides is 3. The highest BCUT2D eigenvalue weighted by Gasteiger charge is 2.28. The molecule has 1 aliphatic heterocycles. The highest BCUT2D eigenvalue weighted by atomic mass is 19.3. The second-order valence-corrected chi connectivity index (χ2v) is 4.01. The molecule has 0 aromatic heterocycles. The number of ether oxygens (including phenoxy) is 1. The maximum atomic E-state index is 12.3. The third-order valence-electron chi connectivity index (χ3n) is 2.57. The normalized spacial score (nSPS) is 15.2. The molecular formula is C12H10F2N2O4. The van der Waals surface area contributed by atoms with Crippen LogP contribution in [0.2, 0.25) is 0 Å². The van der Waals surface area contributed by atoms with Gasteiger partial charge in [0.05, 0.1) is 5.56 Å². The Labute approximate surface area is 112 Å². The van der Waals surface area contributed by atoms with Crippen LogP contribution in [0.15, 0.2) is 24.3 Å². The van der Waals surface area contributed by atoms with Gasteiger partial charge in [-0.25, -0.2) is 0 Å². The Morgan fingerprint density at radius 2 is 1.80 bits per heavy atom. The van der Waals surface area contributed by atoms with Gasteiger partial charge in [0, 0.05) is 0 Å². The molecule has 20 heavy (non-hydrogen) atoms. The Balaban J connectivity index is 2.24. The Bertz CT molecular complexity index is 546. The summed E-state index contributed by atoms with van der Waals surface area (Å²) in [4.78, 5) is 35.5. The van der Waals surface area contributed by atoms with E-state index in [9.17, 15) is 23.2 Å². The molecule has 1 fully saturated rings. The van der Waals surface area contributed by atoms with Gasteiger partial charge in [-0.05, 0) is 12.1 Å². The summed E-state index contributed by atoms with van der Waals surface area (Å²) in [6.45, 7) is -3.70. The van der Waals surface area contributed by atoms with Crippen LogP contribution in [-0.2, 0) is 9.59 Å². The minimum absolute atomic E-state index is 0.129. The van der Waals surface area contributed by atoms with Crippen molar-refractivity contribution in [3.8, 4) is 5.75 Å². The number of nitrogens with zero attached hydrogens (tertiary/aromatic N) is 1. The van der Waals surface area contributed by atoms with Crippen molar-refractivity contribution in [2.45, 2.75) is 6.61 Å². The van der Waals surface area contributed by atoms with Crippen molar-refractivity contribution in [1.29, 1.82) is 0 Å². The van der Waals surface area contributed by atoms with Crippen LogP contribution >= 0.6 is 0 Å². The van der Waals surface area contributed by atoms with E-state index in [1.54, 1.807) is 0 Å². The van der Waals surface area contributed by atoms with Crippen molar-refractivity contribution in [3.63, 3.8) is 0 Å². The minimum Gasteiger partial charge on any atom is -0.434 e. The fraction of sp³-hybridized carbons (Fsp3) is 0.250. The molecule has 6 nitrogen and oxygen atoms in total. The van der Waals surface area contributed by atoms with Gasteiger partial charge in [-0.15, -0.1) is 0 Å². The summed E-state index contributed by atoms with van der Waals surface area (Å²) in [5.74, 6) is -2.26. The summed E-state index contributed by atoms with van der Waals surface area (Å²) in [5.41, 5.74) is -0.129. The summed E-state index contributed by atoms with van der Waals surface area (Å²) in [7, 11) is 0. The van der Waals surface area contributed by atoms with E-state index in [0.717, 1.165) is 4.90 Å². The molecule has 1 N–H and O–H groups in total. The molecule has 1 heterocycles. The van der Waals surface area contributed by atoms with Crippen LogP contribution in [-0.4, -0.2) is 42.3 Å². The van der Waals surface area contributed by atoms with E-state index in [2.05, 4.69) is 4.74 Å². The number of hydrogen-bond donors (Lipinski definition) is 1. The van der Waals surface area contributed by atoms with Crippen LogP contribution in [0, 0.1) is 0 Å². The number of hydrogen-bond acceptors (Lipinski definition) is 4. The molecule has 0 bridgehead atoms. The average Bonchev–Trinajstić information content (AvgIpc) is 2.36. The van der Waals surface area contributed by atoms with Crippen molar-refractivity contribution in [1.82, 2.24) is 10.2 Å². The lowest BCUT2D eigenvalue weighted by Gasteiger charge is -2.26. The monoisotopic (exact) mass is 284 g/mol. The Kier molecular flexibility index (Phi) is 3.92. The summed E-state index contributed by atoms with van der Waals surface area (Å²) in [6.07, 6.45) is 0. The van der Waals surface area contributed by atoms with Crippen LogP contribution in [0.25, 0.3) is 0 Å². The lowest BCUT2D eigenvalue weighted by molar-refractivity contribution is -0.135. The quantitative estimate of drug-likeness (QED) is 0.815. The van der Waals surface area contributed by atoms with Crippen LogP contribution in [0.3, 0.4) is 0 Å². The maximum Gasteiger partial charge on any atom is 0.387 e. The zero-order valence-corrected chi connectivity index (χ0v) is 10.1. The van der Waals surface area contributed by atoms with Gasteiger partial charge in [0.2, 0.25) is 11.8 Å². The Morgan fingerprint density at radius 3 is 2.40 bits per heavy atom. The standard InChI is InChI=1S/C12H10F2N2O4/c13-12(14)20-8-4-2-1-3-7(8)11(19)16-5-9(17)15-10(18)6-16/h1-4,12H,5-6H2,(H,15,17,18). The Morgan fingerprint density at radius 1 is 1.20 bits per heavy atom. The van der Waals surface area contributed by atoms with Gasteiger partial charge in [-0.3, -0.25) is 19.7 Å². The molecule has 0 atom stereocenters. The molecule has 0 saturated carbocycles. The highest BCUT2D eigenvalue weighted by molar-refractivity contribution is 6.06. The van der Waals surface area contributed by atoms with Crippen LogP contribution in [0.5, 0.6) is 5.75 Å². The van der Waals surface area contributed by atoms with Gasteiger partial charge in [0.1, 0.15) is 18.8 Å². The molecule has 0 radical (unpaired) electrons. The fourth-order valence-electron chi connectivity index (χ4n) is 1.79. The molecule has 1 aromatic carbocycles. The summed E-state index contributed by atoms with van der Waals surface area (Å²) >= 11 is 0. The minimum atomic E-state index is -3.07. The third kappa shape index (κ3) is 3.08. The van der Waals surface area contributed by atoms with Gasteiger partial charge in [0.15, 0.2) is 0 Å². The van der Waals surface area contributed by atoms with E-state index in [0.29, 0.717) is 0 Å². The van der Waals surface area contributed by atoms with Gasteiger partial charge in [-0.1, -0.05) is 12.1 Å². The third-order valence-corrected chi connectivity index (χ3v) is 2.57. The first-order valence-electron chi connectivity index (χ1n) is 5.63. The lowest BCUT2D eigenvalue weighted by atomic mass is 10.1. The van der Waals surface area contributed by atoms with E-state index in [1.165, 1.54) is 24.3 Å². The second kappa shape index (κ2) is 5.64. The van der Waals surface area contributed by atoms with Crippen molar-refractivity contribution in [3.05, 3.63) is 29.8 Å². The van der Waals surface area contributed by atoms with Crippen molar-refractivity contribution < 1.29 is 27.9 Å². The predicted molar refractivity (Wildman–Crippen MR) is 62.1 cm³/mol. The molecule has 1 aliphatic rings. The van der Waals surface area contributed by atoms with Gasteiger partial charge < -0.3 is 9.64 Å². The van der Waals surface area contributed by atoms with E-state index in [4.69, 9.17) is 0 Å². The van der Waals surface area contributed by atoms with E-state index in [1.807, 2.05) is 5.32 Å². The molecule has 3 amide bonds. The molecule has 8 heteroatoms. The number of nitrogens with one attached hydrogen (secondary N) is 1. The van der Waals surface area contributed by atoms with Gasteiger partial charge >= 0.3 is 6.61 Å². The molecule has 106 valence electrons. The van der Waals surface area contributed by atoms with Gasteiger partial charge in [-0.2, -0.15) is 8.78 Å². The number of benzene rings is 1. The van der Waals surface area contributed by atoms with Crippen molar-refractivity contribution in [2.75, 3.05) is 13.1 Å². The lowest BCUT2D eigenvalue weighted by Crippen LogP contribution is -2.53. The van der Waals surface area contributed by atoms with E-state index >= 15 is 0 Å². The van der Waals surface area contributed by atoms with Crippen molar-refractivity contribution in [2.24, 2.45) is 0 Å². The largest absolute Gasteiger partial charge is 0.434 e. The first-order valence-corrected chi connectivity index (χ1v) is 5.63. The predicted octanol–water partition coefficient (Wildman–Crippen LogP) is 0.387. The number of carbonyl (C=O) groups is 3. The summed E-state index contributed by atoms with van der Waals surface area (Å²) in [5, 5.41) is 2.04. The number of halogens is 2. The van der Waals surface area contributed by atoms with Crippen LogP contribution in [0.4, 0.5) is 8.78 Å². The van der Waals surface area contributed by atoms with Crippen LogP contribution in [0.1, 0.15) is 10.4 Å². The maximum absolute atomic E-state index is 12.3. The number of alkyl halides is 2. The number of piperazine rings is 1. The average molecular weight is 284 g/mol. The molecule has 0 spiro atoms. The number of carbonyl (C=O) groups excluding carboxylic acids is 3. The topological polar surface area (TPSA) is 75.7 Å². The molecule has 1 saturated heterocycles. The van der Waals surface area contributed by atoms with E-state index < -0.39 is 24.3 Å². The highest BCUT2D eigenvalue weighted by Crippen LogP contribution is 2.22. The first kappa shape index (κ1) is 13.9. The Hall–Kier alpha value is -2.51. The summed E-state index contributed by atoms with van der Waals surface area (Å²) < 4.78 is 28.8. The molecule has 1 aromatic rings. The fourth-order valence-corrected chi connectivity index (χ4v) is 1.79. The number of para-hydroxylation sites is 1. The van der Waals surface area contributed by atoms with Crippen LogP contribution < -0.4 is 10.1 Å². The smallest absolute Gasteiger partial charge is 0.387 e. The van der Waals surface area contributed by atoms with Crippen molar-refractivity contribution >= 4 is 17.7 Å². The molecule has 0 aliphatic carbocycles. The summed E-state index contributed by atoms with van der Waals surface area (Å²) in [6, 6.07) is 5.40. The SMILES string of the molecule is O=C1CN(C(=O)c2ccccc2OC(F)F)CC(=O)N1. The molecule has 2 rings (SSSR count). The first-order chi connectivity index (χ1) is 9.47. The zero-order valence-electron chi connectivity index (χ0n) is 10.1. The number of rotatable bonds is 3. The van der Waals surface area contributed by atoms with E-state index in [-0.39, 0.29) is 24.4 Å². The molecular weight excluding hydrogens is 274 g/mol. The zero-order chi connectivity index (χ0) is 14.7. The second-order valence-electron chi connectivity index (χ2n) is 4.01. The number of imide groups is 1. The molecule has 0 unspecified atom stereocenters. The van der Waals surface area contributed by atoms with Gasteiger partial charge in [0.25, 0.3) is 5.91 Å².